The van der Waals surface area contributed by atoms with Crippen molar-refractivity contribution in [2.75, 3.05) is 49.2 Å². The van der Waals surface area contributed by atoms with Crippen LogP contribution in [-0.4, -0.2) is 45.5 Å². The molecule has 0 aliphatic carbocycles. The maximum atomic E-state index is 9.36. The second-order valence-corrected chi connectivity index (χ2v) is 8.63. The van der Waals surface area contributed by atoms with Crippen molar-refractivity contribution in [2.24, 2.45) is 0 Å². The lowest BCUT2D eigenvalue weighted by atomic mass is 10.1. The molecule has 0 spiro atoms. The first-order valence-corrected chi connectivity index (χ1v) is 13.1. The molecule has 0 fully saturated rings. The SMILES string of the molecule is CCN(CC)c1cccc(OCC(COc2ccc(C#N)c(C#N)c2)Oc2cccc(N(CC)CC)c2)c1. The molecule has 0 bridgehead atoms. The van der Waals surface area contributed by atoms with Crippen LogP contribution in [0.3, 0.4) is 0 Å². The van der Waals surface area contributed by atoms with Gasteiger partial charge in [-0.25, -0.2) is 0 Å². The van der Waals surface area contributed by atoms with Gasteiger partial charge in [0.1, 0.15) is 42.6 Å². The lowest BCUT2D eigenvalue weighted by Gasteiger charge is -2.24. The minimum Gasteiger partial charge on any atom is -0.490 e. The van der Waals surface area contributed by atoms with Crippen LogP contribution >= 0.6 is 0 Å². The first kappa shape index (κ1) is 28.2. The van der Waals surface area contributed by atoms with Crippen molar-refractivity contribution in [2.45, 2.75) is 33.8 Å². The molecule has 0 heterocycles. The number of anilines is 2. The Labute approximate surface area is 226 Å². The lowest BCUT2D eigenvalue weighted by Crippen LogP contribution is -2.31. The Morgan fingerprint density at radius 2 is 1.13 bits per heavy atom. The molecule has 7 nitrogen and oxygen atoms in total. The average molecular weight is 513 g/mol. The van der Waals surface area contributed by atoms with E-state index in [1.54, 1.807) is 18.2 Å². The van der Waals surface area contributed by atoms with Crippen LogP contribution in [0.2, 0.25) is 0 Å². The normalized spacial score (nSPS) is 11.1. The number of benzene rings is 3. The Morgan fingerprint density at radius 1 is 0.632 bits per heavy atom. The third-order valence-electron chi connectivity index (χ3n) is 6.30. The quantitative estimate of drug-likeness (QED) is 0.261. The van der Waals surface area contributed by atoms with Gasteiger partial charge in [0.15, 0.2) is 6.10 Å². The van der Waals surface area contributed by atoms with Crippen LogP contribution in [0, 0.1) is 22.7 Å². The van der Waals surface area contributed by atoms with Gasteiger partial charge >= 0.3 is 0 Å². The van der Waals surface area contributed by atoms with Gasteiger partial charge in [0, 0.05) is 49.7 Å². The van der Waals surface area contributed by atoms with E-state index in [0.717, 1.165) is 49.1 Å². The molecule has 0 saturated heterocycles. The molecule has 1 unspecified atom stereocenters. The van der Waals surface area contributed by atoms with Crippen LogP contribution in [-0.2, 0) is 0 Å². The summed E-state index contributed by atoms with van der Waals surface area (Å²) in [6.07, 6.45) is -0.430. The first-order chi connectivity index (χ1) is 18.5. The fraction of sp³-hybridized carbons (Fsp3) is 0.355. The van der Waals surface area contributed by atoms with Crippen molar-refractivity contribution in [3.8, 4) is 29.4 Å². The zero-order valence-electron chi connectivity index (χ0n) is 22.7. The Hall–Kier alpha value is -4.36. The molecule has 7 heteroatoms. The van der Waals surface area contributed by atoms with Gasteiger partial charge in [-0.15, -0.1) is 0 Å². The molecule has 3 aromatic carbocycles. The molecule has 0 radical (unpaired) electrons. The smallest absolute Gasteiger partial charge is 0.166 e. The number of rotatable bonds is 14. The minimum atomic E-state index is -0.430. The predicted octanol–water partition coefficient (Wildman–Crippen LogP) is 6.03. The van der Waals surface area contributed by atoms with E-state index in [1.165, 1.54) is 0 Å². The number of hydrogen-bond donors (Lipinski definition) is 0. The van der Waals surface area contributed by atoms with Crippen LogP contribution < -0.4 is 24.0 Å². The van der Waals surface area contributed by atoms with Crippen molar-refractivity contribution >= 4 is 11.4 Å². The average Bonchev–Trinajstić information content (AvgIpc) is 2.96. The van der Waals surface area contributed by atoms with Crippen molar-refractivity contribution < 1.29 is 14.2 Å². The Morgan fingerprint density at radius 3 is 1.66 bits per heavy atom. The summed E-state index contributed by atoms with van der Waals surface area (Å²) in [5, 5.41) is 18.6. The highest BCUT2D eigenvalue weighted by Gasteiger charge is 2.16. The van der Waals surface area contributed by atoms with Crippen molar-refractivity contribution in [1.82, 2.24) is 0 Å². The molecule has 0 aromatic heterocycles. The van der Waals surface area contributed by atoms with Crippen LogP contribution in [0.1, 0.15) is 38.8 Å². The summed E-state index contributed by atoms with van der Waals surface area (Å²) in [6.45, 7) is 12.6. The summed E-state index contributed by atoms with van der Waals surface area (Å²) in [5.41, 5.74) is 2.79. The molecule has 0 aliphatic rings. The largest absolute Gasteiger partial charge is 0.490 e. The molecular formula is C31H36N4O3. The Bertz CT molecular complexity index is 1260. The Balaban J connectivity index is 1.79. The summed E-state index contributed by atoms with van der Waals surface area (Å²) in [7, 11) is 0. The standard InChI is InChI=1S/C31H36N4O3/c1-5-34(6-2)26-11-9-13-28(18-26)36-22-31(23-37-29-16-15-24(20-32)25(17-29)21-33)38-30-14-10-12-27(19-30)35(7-3)8-4/h9-19,31H,5-8,22-23H2,1-4H3. The van der Waals surface area contributed by atoms with Gasteiger partial charge in [0.2, 0.25) is 0 Å². The topological polar surface area (TPSA) is 81.8 Å². The molecule has 198 valence electrons. The van der Waals surface area contributed by atoms with Gasteiger partial charge in [-0.1, -0.05) is 12.1 Å². The van der Waals surface area contributed by atoms with Gasteiger partial charge in [0.05, 0.1) is 11.1 Å². The predicted molar refractivity (Wildman–Crippen MR) is 151 cm³/mol. The van der Waals surface area contributed by atoms with Crippen LogP contribution in [0.15, 0.2) is 66.7 Å². The van der Waals surface area contributed by atoms with E-state index < -0.39 is 6.10 Å². The molecule has 3 rings (SSSR count). The van der Waals surface area contributed by atoms with Gasteiger partial charge in [-0.2, -0.15) is 10.5 Å². The van der Waals surface area contributed by atoms with Crippen molar-refractivity contribution in [3.05, 3.63) is 77.9 Å². The summed E-state index contributed by atoms with van der Waals surface area (Å²) < 4.78 is 18.5. The van der Waals surface area contributed by atoms with Gasteiger partial charge in [-0.3, -0.25) is 0 Å². The van der Waals surface area contributed by atoms with E-state index in [1.807, 2.05) is 48.5 Å². The van der Waals surface area contributed by atoms with E-state index >= 15 is 0 Å². The minimum absolute atomic E-state index is 0.196. The zero-order valence-corrected chi connectivity index (χ0v) is 22.7. The molecule has 0 N–H and O–H groups in total. The highest BCUT2D eigenvalue weighted by molar-refractivity contribution is 5.52. The fourth-order valence-electron chi connectivity index (χ4n) is 4.19. The summed E-state index contributed by atoms with van der Waals surface area (Å²) >= 11 is 0. The van der Waals surface area contributed by atoms with E-state index in [2.05, 4.69) is 49.6 Å². The number of hydrogen-bond acceptors (Lipinski definition) is 7. The van der Waals surface area contributed by atoms with Crippen LogP contribution in [0.25, 0.3) is 0 Å². The molecule has 0 amide bonds. The van der Waals surface area contributed by atoms with Gasteiger partial charge in [0.25, 0.3) is 0 Å². The van der Waals surface area contributed by atoms with Crippen molar-refractivity contribution in [1.29, 1.82) is 10.5 Å². The van der Waals surface area contributed by atoms with E-state index in [0.29, 0.717) is 11.3 Å². The lowest BCUT2D eigenvalue weighted by molar-refractivity contribution is 0.0812. The molecule has 3 aromatic rings. The third kappa shape index (κ3) is 7.57. The molecular weight excluding hydrogens is 476 g/mol. The number of nitrogens with zero attached hydrogens (tertiary/aromatic N) is 4. The second-order valence-electron chi connectivity index (χ2n) is 8.63. The molecule has 0 aliphatic heterocycles. The monoisotopic (exact) mass is 512 g/mol. The molecule has 1 atom stereocenters. The highest BCUT2D eigenvalue weighted by atomic mass is 16.6. The highest BCUT2D eigenvalue weighted by Crippen LogP contribution is 2.25. The van der Waals surface area contributed by atoms with Crippen molar-refractivity contribution in [3.63, 3.8) is 0 Å². The van der Waals surface area contributed by atoms with E-state index in [4.69, 9.17) is 14.2 Å². The zero-order chi connectivity index (χ0) is 27.3. The number of ether oxygens (including phenoxy) is 3. The number of nitriles is 2. The molecule has 38 heavy (non-hydrogen) atoms. The maximum absolute atomic E-state index is 9.36. The summed E-state index contributed by atoms with van der Waals surface area (Å²) in [6, 6.07) is 25.0. The maximum Gasteiger partial charge on any atom is 0.166 e. The Kier molecular flexibility index (Phi) is 10.7. The summed E-state index contributed by atoms with van der Waals surface area (Å²) in [5.74, 6) is 1.97. The van der Waals surface area contributed by atoms with Crippen LogP contribution in [0.4, 0.5) is 11.4 Å². The third-order valence-corrected chi connectivity index (χ3v) is 6.30. The van der Waals surface area contributed by atoms with Gasteiger partial charge < -0.3 is 24.0 Å². The van der Waals surface area contributed by atoms with E-state index in [9.17, 15) is 10.5 Å². The molecule has 0 saturated carbocycles. The van der Waals surface area contributed by atoms with Gasteiger partial charge in [-0.05, 0) is 70.2 Å². The second kappa shape index (κ2) is 14.4. The summed E-state index contributed by atoms with van der Waals surface area (Å²) in [4.78, 5) is 4.52. The first-order valence-electron chi connectivity index (χ1n) is 13.1. The fourth-order valence-corrected chi connectivity index (χ4v) is 4.19. The van der Waals surface area contributed by atoms with Crippen LogP contribution in [0.5, 0.6) is 17.2 Å². The van der Waals surface area contributed by atoms with E-state index in [-0.39, 0.29) is 18.8 Å².